The normalized spacial score (nSPS) is 10.6. The van der Waals surface area contributed by atoms with Crippen molar-refractivity contribution in [1.82, 2.24) is 0 Å². The second-order valence-electron chi connectivity index (χ2n) is 3.32. The Morgan fingerprint density at radius 2 is 2.11 bits per heavy atom. The van der Waals surface area contributed by atoms with Gasteiger partial charge in [0, 0.05) is 15.9 Å². The fraction of sp³-hybridized carbons (Fsp3) is 0.364. The third-order valence-electron chi connectivity index (χ3n) is 2.15. The van der Waals surface area contributed by atoms with Crippen LogP contribution in [0.15, 0.2) is 12.1 Å². The van der Waals surface area contributed by atoms with Gasteiger partial charge in [-0.05, 0) is 17.7 Å². The Hall–Kier alpha value is -0.880. The van der Waals surface area contributed by atoms with Crippen LogP contribution in [0.1, 0.15) is 11.1 Å². The summed E-state index contributed by atoms with van der Waals surface area (Å²) in [7, 11) is 1.22. The van der Waals surface area contributed by atoms with Crippen LogP contribution in [0.25, 0.3) is 0 Å². The van der Waals surface area contributed by atoms with Gasteiger partial charge in [0.05, 0.1) is 13.5 Å². The Morgan fingerprint density at radius 1 is 1.44 bits per heavy atom. The van der Waals surface area contributed by atoms with Crippen LogP contribution in [0.4, 0.5) is 8.78 Å². The zero-order valence-corrected chi connectivity index (χ0v) is 11.7. The third kappa shape index (κ3) is 4.10. The van der Waals surface area contributed by atoms with Crippen LogP contribution in [-0.4, -0.2) is 19.7 Å². The molecule has 18 heavy (non-hydrogen) atoms. The fourth-order valence-corrected chi connectivity index (χ4v) is 2.17. The van der Waals surface area contributed by atoms with Gasteiger partial charge in [0.25, 0.3) is 0 Å². The maximum atomic E-state index is 12.2. The molecule has 0 spiro atoms. The predicted octanol–water partition coefficient (Wildman–Crippen LogP) is 3.55. The van der Waals surface area contributed by atoms with E-state index in [1.54, 1.807) is 0 Å². The van der Waals surface area contributed by atoms with Crippen molar-refractivity contribution in [2.45, 2.75) is 18.4 Å². The van der Waals surface area contributed by atoms with Crippen molar-refractivity contribution >= 4 is 33.5 Å². The Kier molecular flexibility index (Phi) is 5.81. The van der Waals surface area contributed by atoms with Crippen molar-refractivity contribution < 1.29 is 23.0 Å². The molecule has 1 aromatic rings. The van der Waals surface area contributed by atoms with E-state index in [1.165, 1.54) is 19.2 Å². The molecule has 0 aliphatic carbocycles. The monoisotopic (exact) mass is 342 g/mol. The molecule has 0 radical (unpaired) electrons. The lowest BCUT2D eigenvalue weighted by Crippen LogP contribution is -2.10. The van der Waals surface area contributed by atoms with Crippen LogP contribution in [0.3, 0.4) is 0 Å². The first-order valence-corrected chi connectivity index (χ1v) is 6.36. The quantitative estimate of drug-likeness (QED) is 0.606. The minimum absolute atomic E-state index is 0.120. The van der Waals surface area contributed by atoms with Crippen molar-refractivity contribution in [2.24, 2.45) is 0 Å². The molecule has 0 heterocycles. The number of rotatable bonds is 5. The second kappa shape index (κ2) is 6.89. The van der Waals surface area contributed by atoms with Crippen LogP contribution >= 0.6 is 27.5 Å². The van der Waals surface area contributed by atoms with Gasteiger partial charge in [-0.2, -0.15) is 8.78 Å². The molecule has 0 aromatic heterocycles. The number of carbonyl (C=O) groups excluding carboxylic acids is 1. The number of hydrogen-bond acceptors (Lipinski definition) is 3. The molecular weight excluding hydrogens is 333 g/mol. The zero-order chi connectivity index (χ0) is 13.7. The van der Waals surface area contributed by atoms with Crippen molar-refractivity contribution in [3.63, 3.8) is 0 Å². The average Bonchev–Trinajstić information content (AvgIpc) is 2.31. The van der Waals surface area contributed by atoms with Crippen molar-refractivity contribution in [3.05, 3.63) is 28.3 Å². The summed E-state index contributed by atoms with van der Waals surface area (Å²) in [6.07, 6.45) is -0.157. The van der Waals surface area contributed by atoms with Gasteiger partial charge in [-0.1, -0.05) is 27.5 Å². The summed E-state index contributed by atoms with van der Waals surface area (Å²) in [5, 5.41) is 0.728. The lowest BCUT2D eigenvalue weighted by Gasteiger charge is -2.12. The summed E-state index contributed by atoms with van der Waals surface area (Å²) in [6, 6.07) is 2.80. The number of methoxy groups -OCH3 is 1. The molecule has 0 aliphatic heterocycles. The van der Waals surface area contributed by atoms with Gasteiger partial charge in [-0.15, -0.1) is 0 Å². The molecule has 0 N–H and O–H groups in total. The molecule has 0 bridgehead atoms. The second-order valence-corrected chi connectivity index (χ2v) is 4.28. The molecular formula is C11H10BrClF2O3. The van der Waals surface area contributed by atoms with Crippen LogP contribution in [0.2, 0.25) is 5.02 Å². The summed E-state index contributed by atoms with van der Waals surface area (Å²) < 4.78 is 33.3. The van der Waals surface area contributed by atoms with Gasteiger partial charge in [0.1, 0.15) is 5.75 Å². The van der Waals surface area contributed by atoms with Gasteiger partial charge >= 0.3 is 12.6 Å². The number of ether oxygens (including phenoxy) is 2. The van der Waals surface area contributed by atoms with Crippen molar-refractivity contribution in [3.8, 4) is 5.75 Å². The molecule has 7 heteroatoms. The molecule has 0 saturated carbocycles. The van der Waals surface area contributed by atoms with Crippen LogP contribution in [0, 0.1) is 0 Å². The summed E-state index contributed by atoms with van der Waals surface area (Å²) >= 11 is 9.10. The summed E-state index contributed by atoms with van der Waals surface area (Å²) in [5.74, 6) is -0.665. The average molecular weight is 344 g/mol. The van der Waals surface area contributed by atoms with E-state index >= 15 is 0 Å². The maximum absolute atomic E-state index is 12.2. The first kappa shape index (κ1) is 15.2. The summed E-state index contributed by atoms with van der Waals surface area (Å²) in [6.45, 7) is -2.98. The Morgan fingerprint density at radius 3 is 2.61 bits per heavy atom. The molecule has 1 rings (SSSR count). The Bertz CT molecular complexity index is 441. The minimum atomic E-state index is -2.98. The van der Waals surface area contributed by atoms with Crippen LogP contribution in [0.5, 0.6) is 5.75 Å². The molecule has 100 valence electrons. The smallest absolute Gasteiger partial charge is 0.387 e. The van der Waals surface area contributed by atoms with Gasteiger partial charge in [-0.3, -0.25) is 4.79 Å². The van der Waals surface area contributed by atoms with E-state index in [2.05, 4.69) is 25.4 Å². The van der Waals surface area contributed by atoms with Crippen LogP contribution in [-0.2, 0) is 21.3 Å². The molecule has 0 aliphatic rings. The molecule has 0 fully saturated rings. The highest BCUT2D eigenvalue weighted by molar-refractivity contribution is 9.08. The van der Waals surface area contributed by atoms with Gasteiger partial charge in [-0.25, -0.2) is 0 Å². The molecule has 0 saturated heterocycles. The molecule has 0 unspecified atom stereocenters. The van der Waals surface area contributed by atoms with Gasteiger partial charge in [0.2, 0.25) is 0 Å². The topological polar surface area (TPSA) is 35.5 Å². The summed E-state index contributed by atoms with van der Waals surface area (Å²) in [5.41, 5.74) is 0.984. The predicted molar refractivity (Wildman–Crippen MR) is 66.4 cm³/mol. The van der Waals surface area contributed by atoms with Crippen molar-refractivity contribution in [1.29, 1.82) is 0 Å². The lowest BCUT2D eigenvalue weighted by molar-refractivity contribution is -0.139. The van der Waals surface area contributed by atoms with E-state index in [0.29, 0.717) is 16.5 Å². The number of halogens is 4. The van der Waals surface area contributed by atoms with Crippen LogP contribution < -0.4 is 4.74 Å². The molecule has 1 aromatic carbocycles. The first-order valence-electron chi connectivity index (χ1n) is 4.86. The Balaban J connectivity index is 3.12. The molecule has 3 nitrogen and oxygen atoms in total. The lowest BCUT2D eigenvalue weighted by atomic mass is 10.1. The minimum Gasteiger partial charge on any atom is -0.469 e. The first-order chi connectivity index (χ1) is 8.47. The number of carbonyl (C=O) groups is 1. The largest absolute Gasteiger partial charge is 0.469 e. The van der Waals surface area contributed by atoms with E-state index in [9.17, 15) is 13.6 Å². The van der Waals surface area contributed by atoms with Crippen molar-refractivity contribution in [2.75, 3.05) is 7.11 Å². The molecule has 0 amide bonds. The number of hydrogen-bond donors (Lipinski definition) is 0. The van der Waals surface area contributed by atoms with E-state index in [1.807, 2.05) is 0 Å². The van der Waals surface area contributed by atoms with E-state index in [4.69, 9.17) is 11.6 Å². The Labute approximate surface area is 116 Å². The molecule has 0 atom stereocenters. The van der Waals surface area contributed by atoms with E-state index in [0.717, 1.165) is 0 Å². The fourth-order valence-electron chi connectivity index (χ4n) is 1.32. The summed E-state index contributed by atoms with van der Waals surface area (Å²) in [4.78, 5) is 11.2. The number of alkyl halides is 3. The highest BCUT2D eigenvalue weighted by Crippen LogP contribution is 2.30. The highest BCUT2D eigenvalue weighted by Gasteiger charge is 2.16. The SMILES string of the molecule is COC(=O)Cc1cc(CBr)c(Cl)cc1OC(F)F. The van der Waals surface area contributed by atoms with Gasteiger partial charge < -0.3 is 9.47 Å². The third-order valence-corrected chi connectivity index (χ3v) is 3.11. The number of benzene rings is 1. The zero-order valence-electron chi connectivity index (χ0n) is 9.38. The number of esters is 1. The van der Waals surface area contributed by atoms with E-state index in [-0.39, 0.29) is 17.2 Å². The van der Waals surface area contributed by atoms with E-state index < -0.39 is 12.6 Å². The maximum Gasteiger partial charge on any atom is 0.387 e. The standard InChI is InChI=1S/C11H10BrClF2O3/c1-17-10(16)3-6-2-7(5-12)8(13)4-9(6)18-11(14)15/h2,4,11H,3,5H2,1H3. The van der Waals surface area contributed by atoms with Gasteiger partial charge in [0.15, 0.2) is 0 Å². The highest BCUT2D eigenvalue weighted by atomic mass is 79.9.